The third-order valence-electron chi connectivity index (χ3n) is 6.86. The van der Waals surface area contributed by atoms with E-state index in [1.807, 2.05) is 71.6 Å². The molecule has 1 unspecified atom stereocenters. The molecule has 36 heavy (non-hydrogen) atoms. The molecule has 4 aromatic carbocycles. The van der Waals surface area contributed by atoms with E-state index in [0.29, 0.717) is 43.1 Å². The van der Waals surface area contributed by atoms with E-state index in [-0.39, 0.29) is 17.7 Å². The van der Waals surface area contributed by atoms with Gasteiger partial charge in [0.15, 0.2) is 0 Å². The Hall–Kier alpha value is -4.34. The van der Waals surface area contributed by atoms with Crippen LogP contribution in [0.2, 0.25) is 0 Å². The first-order valence-corrected chi connectivity index (χ1v) is 12.0. The highest BCUT2D eigenvalue weighted by atomic mass is 16.5. The highest BCUT2D eigenvalue weighted by Crippen LogP contribution is 2.41. The summed E-state index contributed by atoms with van der Waals surface area (Å²) >= 11 is 0. The maximum Gasteiger partial charge on any atom is 0.253 e. The SMILES string of the molecule is COc1ccc2ccc(O)c(C(c3ccc(C#N)cc3)N3CCN(C(=O)c4ccccc4)CC3)c2c1. The van der Waals surface area contributed by atoms with Crippen molar-refractivity contribution in [3.8, 4) is 17.6 Å². The number of nitriles is 1. The Labute approximate surface area is 210 Å². The summed E-state index contributed by atoms with van der Waals surface area (Å²) in [7, 11) is 1.63. The highest BCUT2D eigenvalue weighted by Gasteiger charge is 2.31. The van der Waals surface area contributed by atoms with E-state index >= 15 is 0 Å². The normalized spacial score (nSPS) is 14.8. The summed E-state index contributed by atoms with van der Waals surface area (Å²) in [5.41, 5.74) is 3.04. The summed E-state index contributed by atoms with van der Waals surface area (Å²) in [5, 5.41) is 22.3. The van der Waals surface area contributed by atoms with Crippen molar-refractivity contribution in [3.05, 3.63) is 107 Å². The van der Waals surface area contributed by atoms with Gasteiger partial charge in [-0.3, -0.25) is 9.69 Å². The molecule has 1 heterocycles. The monoisotopic (exact) mass is 477 g/mol. The van der Waals surface area contributed by atoms with Crippen LogP contribution in [-0.4, -0.2) is 54.1 Å². The predicted octanol–water partition coefficient (Wildman–Crippen LogP) is 4.97. The number of aromatic hydroxyl groups is 1. The number of carbonyl (C=O) groups is 1. The van der Waals surface area contributed by atoms with Crippen molar-refractivity contribution in [1.82, 2.24) is 9.80 Å². The number of piperazine rings is 1. The lowest BCUT2D eigenvalue weighted by atomic mass is 9.90. The van der Waals surface area contributed by atoms with Crippen LogP contribution in [0.1, 0.15) is 33.1 Å². The lowest BCUT2D eigenvalue weighted by Gasteiger charge is -2.40. The quantitative estimate of drug-likeness (QED) is 0.439. The second kappa shape index (κ2) is 10.1. The van der Waals surface area contributed by atoms with E-state index in [1.165, 1.54) is 0 Å². The Morgan fingerprint density at radius 2 is 1.64 bits per heavy atom. The second-order valence-corrected chi connectivity index (χ2v) is 8.92. The molecule has 6 nitrogen and oxygen atoms in total. The van der Waals surface area contributed by atoms with Gasteiger partial charge in [-0.2, -0.15) is 5.26 Å². The van der Waals surface area contributed by atoms with E-state index in [0.717, 1.165) is 21.9 Å². The molecular weight excluding hydrogens is 450 g/mol. The number of ether oxygens (including phenoxy) is 1. The zero-order valence-corrected chi connectivity index (χ0v) is 20.1. The topological polar surface area (TPSA) is 76.8 Å². The maximum atomic E-state index is 13.0. The minimum Gasteiger partial charge on any atom is -0.508 e. The number of phenolic OH excluding ortho intramolecular Hbond substituents is 1. The standard InChI is InChI=1S/C30H27N3O3/c1-36-25-13-11-22-12-14-27(34)28(26(22)19-25)29(23-9-7-21(20-31)8-10-23)32-15-17-33(18-16-32)30(35)24-5-3-2-4-6-24/h2-14,19,29,34H,15-18H2,1H3. The molecule has 0 aliphatic carbocycles. The fourth-order valence-electron chi connectivity index (χ4n) is 4.97. The number of rotatable bonds is 5. The van der Waals surface area contributed by atoms with Crippen LogP contribution in [0.4, 0.5) is 0 Å². The minimum absolute atomic E-state index is 0.0305. The van der Waals surface area contributed by atoms with E-state index in [1.54, 1.807) is 25.3 Å². The third-order valence-corrected chi connectivity index (χ3v) is 6.86. The molecule has 180 valence electrons. The average molecular weight is 478 g/mol. The van der Waals surface area contributed by atoms with Gasteiger partial charge >= 0.3 is 0 Å². The van der Waals surface area contributed by atoms with Crippen LogP contribution >= 0.6 is 0 Å². The zero-order valence-electron chi connectivity index (χ0n) is 20.1. The van der Waals surface area contributed by atoms with Crippen molar-refractivity contribution in [2.45, 2.75) is 6.04 Å². The van der Waals surface area contributed by atoms with Crippen LogP contribution in [0, 0.1) is 11.3 Å². The number of carbonyl (C=O) groups excluding carboxylic acids is 1. The molecule has 0 spiro atoms. The molecule has 0 saturated carbocycles. The van der Waals surface area contributed by atoms with Crippen molar-refractivity contribution in [2.75, 3.05) is 33.3 Å². The fourth-order valence-corrected chi connectivity index (χ4v) is 4.97. The van der Waals surface area contributed by atoms with Gasteiger partial charge in [0.1, 0.15) is 11.5 Å². The van der Waals surface area contributed by atoms with Crippen LogP contribution in [0.25, 0.3) is 10.8 Å². The van der Waals surface area contributed by atoms with Crippen LogP contribution in [0.15, 0.2) is 84.9 Å². The Kier molecular flexibility index (Phi) is 6.57. The lowest BCUT2D eigenvalue weighted by Crippen LogP contribution is -2.49. The molecular formula is C30H27N3O3. The van der Waals surface area contributed by atoms with Crippen LogP contribution < -0.4 is 4.74 Å². The van der Waals surface area contributed by atoms with Gasteiger partial charge in [-0.05, 0) is 58.8 Å². The van der Waals surface area contributed by atoms with E-state index in [4.69, 9.17) is 4.74 Å². The average Bonchev–Trinajstić information content (AvgIpc) is 2.95. The van der Waals surface area contributed by atoms with Crippen LogP contribution in [0.5, 0.6) is 11.5 Å². The molecule has 1 aliphatic rings. The van der Waals surface area contributed by atoms with Crippen LogP contribution in [0.3, 0.4) is 0 Å². The van der Waals surface area contributed by atoms with Crippen molar-refractivity contribution in [3.63, 3.8) is 0 Å². The van der Waals surface area contributed by atoms with E-state index in [2.05, 4.69) is 11.0 Å². The summed E-state index contributed by atoms with van der Waals surface area (Å²) < 4.78 is 5.49. The molecule has 0 radical (unpaired) electrons. The van der Waals surface area contributed by atoms with Gasteiger partial charge in [0.2, 0.25) is 0 Å². The smallest absolute Gasteiger partial charge is 0.253 e. The molecule has 1 amide bonds. The largest absolute Gasteiger partial charge is 0.508 e. The number of methoxy groups -OCH3 is 1. The third kappa shape index (κ3) is 4.49. The Morgan fingerprint density at radius 3 is 2.31 bits per heavy atom. The van der Waals surface area contributed by atoms with E-state index < -0.39 is 0 Å². The molecule has 4 aromatic rings. The lowest BCUT2D eigenvalue weighted by molar-refractivity contribution is 0.0596. The highest BCUT2D eigenvalue weighted by molar-refractivity contribution is 5.94. The molecule has 1 fully saturated rings. The number of nitrogens with zero attached hydrogens (tertiary/aromatic N) is 3. The Morgan fingerprint density at radius 1 is 0.944 bits per heavy atom. The van der Waals surface area contributed by atoms with Gasteiger partial charge in [0.25, 0.3) is 5.91 Å². The van der Waals surface area contributed by atoms with Gasteiger partial charge in [-0.25, -0.2) is 0 Å². The van der Waals surface area contributed by atoms with Gasteiger partial charge in [0, 0.05) is 37.3 Å². The molecule has 1 aliphatic heterocycles. The molecule has 1 N–H and O–H groups in total. The first-order chi connectivity index (χ1) is 17.6. The molecule has 0 bridgehead atoms. The summed E-state index contributed by atoms with van der Waals surface area (Å²) in [4.78, 5) is 17.2. The number of phenols is 1. The van der Waals surface area contributed by atoms with Gasteiger partial charge < -0.3 is 14.7 Å². The summed E-state index contributed by atoms with van der Waals surface area (Å²) in [6.07, 6.45) is 0. The summed E-state index contributed by atoms with van der Waals surface area (Å²) in [6.45, 7) is 2.44. The second-order valence-electron chi connectivity index (χ2n) is 8.92. The summed E-state index contributed by atoms with van der Waals surface area (Å²) in [6, 6.07) is 28.3. The maximum absolute atomic E-state index is 13.0. The van der Waals surface area contributed by atoms with Crippen molar-refractivity contribution < 1.29 is 14.6 Å². The fraction of sp³-hybridized carbons (Fsp3) is 0.200. The number of amides is 1. The number of hydrogen-bond acceptors (Lipinski definition) is 5. The minimum atomic E-state index is -0.262. The number of benzene rings is 4. The van der Waals surface area contributed by atoms with Gasteiger partial charge in [-0.15, -0.1) is 0 Å². The number of fused-ring (bicyclic) bond motifs is 1. The molecule has 1 saturated heterocycles. The number of hydrogen-bond donors (Lipinski definition) is 1. The predicted molar refractivity (Wildman–Crippen MR) is 139 cm³/mol. The first kappa shape index (κ1) is 23.4. The molecule has 5 rings (SSSR count). The molecule has 6 heteroatoms. The van der Waals surface area contributed by atoms with Crippen molar-refractivity contribution in [1.29, 1.82) is 5.26 Å². The van der Waals surface area contributed by atoms with Gasteiger partial charge in [-0.1, -0.05) is 42.5 Å². The first-order valence-electron chi connectivity index (χ1n) is 12.0. The Balaban J connectivity index is 1.53. The van der Waals surface area contributed by atoms with Crippen LogP contribution in [-0.2, 0) is 0 Å². The van der Waals surface area contributed by atoms with Gasteiger partial charge in [0.05, 0.1) is 24.8 Å². The molecule has 0 aromatic heterocycles. The zero-order chi connectivity index (χ0) is 25.1. The van der Waals surface area contributed by atoms with E-state index in [9.17, 15) is 15.2 Å². The summed E-state index contributed by atoms with van der Waals surface area (Å²) in [5.74, 6) is 0.946. The molecule has 1 atom stereocenters. The van der Waals surface area contributed by atoms with Crippen molar-refractivity contribution in [2.24, 2.45) is 0 Å². The van der Waals surface area contributed by atoms with Crippen molar-refractivity contribution >= 4 is 16.7 Å². The Bertz CT molecular complexity index is 1420.